The number of fused-ring (bicyclic) bond motifs is 1. The molecule has 3 fully saturated rings. The van der Waals surface area contributed by atoms with Crippen molar-refractivity contribution in [2.75, 3.05) is 31.2 Å². The van der Waals surface area contributed by atoms with Crippen molar-refractivity contribution in [2.24, 2.45) is 5.92 Å². The number of ether oxygens (including phenoxy) is 1. The van der Waals surface area contributed by atoms with Crippen LogP contribution in [0.2, 0.25) is 0 Å². The summed E-state index contributed by atoms with van der Waals surface area (Å²) in [5.41, 5.74) is 1.10. The third-order valence-corrected chi connectivity index (χ3v) is 6.14. The van der Waals surface area contributed by atoms with Crippen LogP contribution in [0.25, 0.3) is 0 Å². The number of carboxylic acids is 1. The number of thiophene rings is 1. The highest BCUT2D eigenvalue weighted by Gasteiger charge is 2.47. The fraction of sp³-hybridized carbons (Fsp3) is 0.667. The number of rotatable bonds is 3. The maximum atomic E-state index is 12.4. The van der Waals surface area contributed by atoms with E-state index in [0.717, 1.165) is 44.3 Å². The maximum Gasteiger partial charge on any atom is 0.490 e. The second-order valence-electron chi connectivity index (χ2n) is 7.23. The topological polar surface area (TPSA) is 70.1 Å². The van der Waals surface area contributed by atoms with Gasteiger partial charge in [-0.1, -0.05) is 0 Å². The number of aliphatic carboxylic acids is 1. The number of carboxylic acid groups (broad SMARTS) is 1. The van der Waals surface area contributed by atoms with E-state index in [1.165, 1.54) is 12.8 Å². The molecule has 1 aromatic heterocycles. The molecule has 0 bridgehead atoms. The van der Waals surface area contributed by atoms with Crippen LogP contribution in [-0.4, -0.2) is 66.4 Å². The Morgan fingerprint density at radius 2 is 1.93 bits per heavy atom. The molecule has 1 aromatic rings. The number of amides is 1. The van der Waals surface area contributed by atoms with Crippen molar-refractivity contribution in [3.63, 3.8) is 0 Å². The number of hydrogen-bond acceptors (Lipinski definition) is 5. The molecule has 156 valence electrons. The van der Waals surface area contributed by atoms with Crippen LogP contribution in [0, 0.1) is 5.92 Å². The summed E-state index contributed by atoms with van der Waals surface area (Å²) in [6, 6.07) is 2.90. The fourth-order valence-electron chi connectivity index (χ4n) is 4.15. The Kier molecular flexibility index (Phi) is 6.61. The number of hydrogen-bond donors (Lipinski definition) is 1. The smallest absolute Gasteiger partial charge is 0.475 e. The van der Waals surface area contributed by atoms with E-state index in [9.17, 15) is 18.0 Å². The Morgan fingerprint density at radius 1 is 1.25 bits per heavy atom. The summed E-state index contributed by atoms with van der Waals surface area (Å²) in [4.78, 5) is 25.9. The van der Waals surface area contributed by atoms with Crippen molar-refractivity contribution in [3.05, 3.63) is 16.8 Å². The van der Waals surface area contributed by atoms with E-state index < -0.39 is 12.1 Å². The summed E-state index contributed by atoms with van der Waals surface area (Å²) in [5.74, 6) is -1.70. The van der Waals surface area contributed by atoms with Gasteiger partial charge in [-0.05, 0) is 36.6 Å². The van der Waals surface area contributed by atoms with Gasteiger partial charge in [0, 0.05) is 44.1 Å². The first-order chi connectivity index (χ1) is 13.3. The summed E-state index contributed by atoms with van der Waals surface area (Å²) in [6.45, 7) is 4.11. The number of carbonyl (C=O) groups is 2. The van der Waals surface area contributed by atoms with E-state index in [2.05, 4.69) is 26.6 Å². The van der Waals surface area contributed by atoms with Crippen molar-refractivity contribution in [1.82, 2.24) is 4.90 Å². The average molecular weight is 420 g/mol. The molecule has 0 spiro atoms. The molecule has 2 atom stereocenters. The molecule has 0 aromatic carbocycles. The second kappa shape index (κ2) is 8.79. The quantitative estimate of drug-likeness (QED) is 0.814. The SMILES string of the molecule is O=C(O)C(F)(F)F.O=C1C[C@H]2[C@@H](CCN2CC2CCOCC2)N1c1ccsc1. The van der Waals surface area contributed by atoms with Gasteiger partial charge in [0.1, 0.15) is 0 Å². The fourth-order valence-corrected chi connectivity index (χ4v) is 4.77. The van der Waals surface area contributed by atoms with Gasteiger partial charge in [0.05, 0.1) is 11.7 Å². The van der Waals surface area contributed by atoms with Crippen LogP contribution >= 0.6 is 11.3 Å². The van der Waals surface area contributed by atoms with Crippen molar-refractivity contribution < 1.29 is 32.6 Å². The standard InChI is InChI=1S/C16H22N2O2S.C2HF3O2/c19-16-9-15-14(18(16)13-4-8-21-11-13)1-5-17(15)10-12-2-6-20-7-3-12;3-2(4,5)1(6)7/h4,8,11-12,14-15H,1-3,5-7,9-10H2;(H,6,7)/t14-,15+;/m1./s1. The van der Waals surface area contributed by atoms with Crippen LogP contribution in [0.5, 0.6) is 0 Å². The van der Waals surface area contributed by atoms with Crippen molar-refractivity contribution in [1.29, 1.82) is 0 Å². The van der Waals surface area contributed by atoms with Crippen LogP contribution in [0.15, 0.2) is 16.8 Å². The van der Waals surface area contributed by atoms with Crippen molar-refractivity contribution in [3.8, 4) is 0 Å². The van der Waals surface area contributed by atoms with Gasteiger partial charge >= 0.3 is 12.1 Å². The first-order valence-electron chi connectivity index (χ1n) is 9.23. The van der Waals surface area contributed by atoms with E-state index in [1.807, 2.05) is 0 Å². The molecule has 1 amide bonds. The number of halogens is 3. The average Bonchev–Trinajstić information content (AvgIpc) is 3.34. The molecular weight excluding hydrogens is 397 g/mol. The molecule has 0 saturated carbocycles. The molecule has 0 radical (unpaired) electrons. The number of anilines is 1. The molecule has 4 rings (SSSR count). The third-order valence-electron chi connectivity index (χ3n) is 5.47. The van der Waals surface area contributed by atoms with Gasteiger partial charge in [-0.25, -0.2) is 4.79 Å². The lowest BCUT2D eigenvalue weighted by Crippen LogP contribution is -2.39. The van der Waals surface area contributed by atoms with Gasteiger partial charge in [0.15, 0.2) is 0 Å². The van der Waals surface area contributed by atoms with Crippen LogP contribution in [0.4, 0.5) is 18.9 Å². The number of likely N-dealkylation sites (tertiary alicyclic amines) is 1. The molecule has 3 saturated heterocycles. The zero-order valence-corrected chi connectivity index (χ0v) is 16.0. The summed E-state index contributed by atoms with van der Waals surface area (Å²) >= 11 is 1.67. The minimum Gasteiger partial charge on any atom is -0.475 e. The summed E-state index contributed by atoms with van der Waals surface area (Å²) < 4.78 is 37.2. The molecular formula is C18H23F3N2O4S. The van der Waals surface area contributed by atoms with Crippen LogP contribution < -0.4 is 4.90 Å². The molecule has 3 aliphatic heterocycles. The van der Waals surface area contributed by atoms with Gasteiger partial charge in [-0.2, -0.15) is 24.5 Å². The zero-order valence-electron chi connectivity index (χ0n) is 15.2. The van der Waals surface area contributed by atoms with E-state index in [0.29, 0.717) is 24.4 Å². The Labute approximate surface area is 164 Å². The highest BCUT2D eigenvalue weighted by molar-refractivity contribution is 7.08. The lowest BCUT2D eigenvalue weighted by Gasteiger charge is -2.30. The number of carbonyl (C=O) groups excluding carboxylic acids is 1. The molecule has 1 N–H and O–H groups in total. The lowest BCUT2D eigenvalue weighted by atomic mass is 9.99. The second-order valence-corrected chi connectivity index (χ2v) is 8.01. The molecule has 4 heterocycles. The predicted octanol–water partition coefficient (Wildman–Crippen LogP) is 2.99. The van der Waals surface area contributed by atoms with Gasteiger partial charge < -0.3 is 14.7 Å². The lowest BCUT2D eigenvalue weighted by molar-refractivity contribution is -0.192. The largest absolute Gasteiger partial charge is 0.490 e. The molecule has 10 heteroatoms. The van der Waals surface area contributed by atoms with Crippen LogP contribution in [0.3, 0.4) is 0 Å². The van der Waals surface area contributed by atoms with E-state index in [1.54, 1.807) is 11.3 Å². The summed E-state index contributed by atoms with van der Waals surface area (Å²) in [6.07, 6.45) is -0.911. The van der Waals surface area contributed by atoms with Gasteiger partial charge in [-0.15, -0.1) is 0 Å². The maximum absolute atomic E-state index is 12.4. The number of nitrogens with zero attached hydrogens (tertiary/aromatic N) is 2. The summed E-state index contributed by atoms with van der Waals surface area (Å²) in [7, 11) is 0. The Bertz CT molecular complexity index is 677. The van der Waals surface area contributed by atoms with Gasteiger partial charge in [0.25, 0.3) is 0 Å². The van der Waals surface area contributed by atoms with E-state index in [4.69, 9.17) is 14.6 Å². The first kappa shape index (κ1) is 21.1. The Hall–Kier alpha value is -1.65. The molecule has 0 unspecified atom stereocenters. The highest BCUT2D eigenvalue weighted by Crippen LogP contribution is 2.37. The first-order valence-corrected chi connectivity index (χ1v) is 10.2. The molecule has 0 aliphatic carbocycles. The predicted molar refractivity (Wildman–Crippen MR) is 97.4 cm³/mol. The normalized spacial score (nSPS) is 26.1. The van der Waals surface area contributed by atoms with Crippen LogP contribution in [0.1, 0.15) is 25.7 Å². The van der Waals surface area contributed by atoms with Gasteiger partial charge in [-0.3, -0.25) is 9.69 Å². The third kappa shape index (κ3) is 4.84. The van der Waals surface area contributed by atoms with Crippen molar-refractivity contribution >= 4 is 28.9 Å². The molecule has 3 aliphatic rings. The Balaban J connectivity index is 0.000000279. The van der Waals surface area contributed by atoms with Crippen molar-refractivity contribution in [2.45, 2.75) is 43.9 Å². The van der Waals surface area contributed by atoms with E-state index >= 15 is 0 Å². The number of alkyl halides is 3. The monoisotopic (exact) mass is 420 g/mol. The van der Waals surface area contributed by atoms with Crippen LogP contribution in [-0.2, 0) is 14.3 Å². The molecule has 28 heavy (non-hydrogen) atoms. The molecule has 6 nitrogen and oxygen atoms in total. The van der Waals surface area contributed by atoms with Gasteiger partial charge in [0.2, 0.25) is 5.91 Å². The van der Waals surface area contributed by atoms with E-state index in [-0.39, 0.29) is 0 Å². The Morgan fingerprint density at radius 3 is 2.50 bits per heavy atom. The minimum absolute atomic E-state index is 0.306. The zero-order chi connectivity index (χ0) is 20.3. The highest BCUT2D eigenvalue weighted by atomic mass is 32.1. The summed E-state index contributed by atoms with van der Waals surface area (Å²) in [5, 5.41) is 11.3. The minimum atomic E-state index is -5.08.